The number of benzene rings is 1. The van der Waals surface area contributed by atoms with Crippen LogP contribution in [0.2, 0.25) is 0 Å². The van der Waals surface area contributed by atoms with Crippen molar-refractivity contribution in [2.75, 3.05) is 25.0 Å². The Hall–Kier alpha value is -2.70. The van der Waals surface area contributed by atoms with E-state index in [1.165, 1.54) is 12.0 Å². The average Bonchev–Trinajstić information content (AvgIpc) is 3.32. The highest BCUT2D eigenvalue weighted by Crippen LogP contribution is 2.10. The van der Waals surface area contributed by atoms with E-state index in [0.29, 0.717) is 19.0 Å². The molecule has 0 amide bonds. The van der Waals surface area contributed by atoms with E-state index in [0.717, 1.165) is 37.0 Å². The molecule has 3 aromatic rings. The van der Waals surface area contributed by atoms with Crippen molar-refractivity contribution in [1.29, 1.82) is 0 Å². The number of para-hydroxylation sites is 1. The summed E-state index contributed by atoms with van der Waals surface area (Å²) in [5.74, 6) is 3.24. The Bertz CT molecular complexity index is 950. The predicted octanol–water partition coefficient (Wildman–Crippen LogP) is 1.63. The van der Waals surface area contributed by atoms with Gasteiger partial charge in [-0.05, 0) is 25.5 Å². The normalized spacial score (nSPS) is 11.2. The summed E-state index contributed by atoms with van der Waals surface area (Å²) in [5, 5.41) is 19.1. The molecule has 168 valence electrons. The van der Waals surface area contributed by atoms with Gasteiger partial charge < -0.3 is 20.1 Å². The van der Waals surface area contributed by atoms with E-state index in [9.17, 15) is 0 Å². The fourth-order valence-electron chi connectivity index (χ4n) is 2.89. The minimum atomic E-state index is 0. The summed E-state index contributed by atoms with van der Waals surface area (Å²) in [7, 11) is 5.92. The number of aryl methyl sites for hydroxylation is 2. The number of rotatable bonds is 9. The highest BCUT2D eigenvalue weighted by molar-refractivity contribution is 14.0. The molecule has 0 radical (unpaired) electrons. The molecule has 0 unspecified atom stereocenters. The maximum atomic E-state index is 4.65. The van der Waals surface area contributed by atoms with Gasteiger partial charge in [0.2, 0.25) is 0 Å². The summed E-state index contributed by atoms with van der Waals surface area (Å²) >= 11 is 0. The van der Waals surface area contributed by atoms with Gasteiger partial charge in [0.25, 0.3) is 0 Å². The Balaban J connectivity index is 0.00000341. The first-order chi connectivity index (χ1) is 14.5. The molecule has 2 N–H and O–H groups in total. The summed E-state index contributed by atoms with van der Waals surface area (Å²) in [6.07, 6.45) is 2.51. The maximum Gasteiger partial charge on any atom is 0.192 e. The molecule has 11 heteroatoms. The van der Waals surface area contributed by atoms with E-state index in [1.54, 1.807) is 4.68 Å². The number of guanidine groups is 1. The first-order valence-electron chi connectivity index (χ1n) is 10.0. The second-order valence-corrected chi connectivity index (χ2v) is 7.08. The molecule has 0 saturated carbocycles. The zero-order chi connectivity index (χ0) is 21.3. The minimum Gasteiger partial charge on any atom is -0.375 e. The molecule has 0 aliphatic rings. The first kappa shape index (κ1) is 24.6. The van der Waals surface area contributed by atoms with E-state index in [1.807, 2.05) is 31.7 Å². The summed E-state index contributed by atoms with van der Waals surface area (Å²) < 4.78 is 3.68. The van der Waals surface area contributed by atoms with Gasteiger partial charge in [0, 0.05) is 39.9 Å². The molecule has 10 nitrogen and oxygen atoms in total. The van der Waals surface area contributed by atoms with E-state index in [2.05, 4.69) is 72.1 Å². The molecular formula is C20H31IN10. The quantitative estimate of drug-likeness (QED) is 0.185. The van der Waals surface area contributed by atoms with Crippen molar-refractivity contribution in [3.8, 4) is 0 Å². The molecule has 3 rings (SSSR count). The third kappa shape index (κ3) is 7.19. The van der Waals surface area contributed by atoms with Gasteiger partial charge in [-0.15, -0.1) is 34.2 Å². The van der Waals surface area contributed by atoms with Crippen LogP contribution in [0.4, 0.5) is 5.69 Å². The Kier molecular flexibility index (Phi) is 9.69. The summed E-state index contributed by atoms with van der Waals surface area (Å²) in [4.78, 5) is 11.1. The molecule has 2 heterocycles. The van der Waals surface area contributed by atoms with Crippen molar-refractivity contribution in [2.45, 2.75) is 26.4 Å². The standard InChI is InChI=1S/C20H30N10.HI/c1-16-26-27-19(29(16)3)14-23-20(22-13-18-24-15-25-30(18)4)21-11-8-12-28(2)17-9-6-5-7-10-17;/h5-7,9-10,15H,8,11-14H2,1-4H3,(H2,21,22,23);1H. The van der Waals surface area contributed by atoms with Crippen molar-refractivity contribution in [2.24, 2.45) is 19.1 Å². The maximum absolute atomic E-state index is 4.65. The van der Waals surface area contributed by atoms with Gasteiger partial charge in [0.15, 0.2) is 11.8 Å². The SMILES string of the molecule is Cc1nnc(CNC(=NCc2ncnn2C)NCCCN(C)c2ccccc2)n1C.I. The van der Waals surface area contributed by atoms with Gasteiger partial charge in [0.05, 0.1) is 6.54 Å². The average molecular weight is 538 g/mol. The molecule has 0 bridgehead atoms. The number of anilines is 1. The second-order valence-electron chi connectivity index (χ2n) is 7.08. The number of nitrogens with one attached hydrogen (secondary N) is 2. The summed E-state index contributed by atoms with van der Waals surface area (Å²) in [6, 6.07) is 10.4. The third-order valence-electron chi connectivity index (χ3n) is 4.94. The lowest BCUT2D eigenvalue weighted by molar-refractivity contribution is 0.680. The van der Waals surface area contributed by atoms with Crippen LogP contribution in [0.3, 0.4) is 0 Å². The molecule has 0 spiro atoms. The highest BCUT2D eigenvalue weighted by Gasteiger charge is 2.07. The lowest BCUT2D eigenvalue weighted by atomic mass is 10.3. The molecule has 2 aromatic heterocycles. The molecule has 31 heavy (non-hydrogen) atoms. The smallest absolute Gasteiger partial charge is 0.192 e. The number of aliphatic imine (C=N–C) groups is 1. The Morgan fingerprint density at radius 2 is 1.87 bits per heavy atom. The van der Waals surface area contributed by atoms with Gasteiger partial charge >= 0.3 is 0 Å². The minimum absolute atomic E-state index is 0. The van der Waals surface area contributed by atoms with E-state index in [4.69, 9.17) is 0 Å². The largest absolute Gasteiger partial charge is 0.375 e. The molecule has 0 aliphatic heterocycles. The number of halogens is 1. The van der Waals surface area contributed by atoms with Crippen LogP contribution >= 0.6 is 24.0 Å². The fraction of sp³-hybridized carbons (Fsp3) is 0.450. The lowest BCUT2D eigenvalue weighted by Gasteiger charge is -2.19. The van der Waals surface area contributed by atoms with E-state index >= 15 is 0 Å². The fourth-order valence-corrected chi connectivity index (χ4v) is 2.89. The van der Waals surface area contributed by atoms with Crippen LogP contribution in [0.1, 0.15) is 23.9 Å². The molecule has 0 fully saturated rings. The van der Waals surface area contributed by atoms with Gasteiger partial charge in [-0.1, -0.05) is 18.2 Å². The van der Waals surface area contributed by atoms with Crippen molar-refractivity contribution >= 4 is 35.6 Å². The van der Waals surface area contributed by atoms with Gasteiger partial charge in [-0.2, -0.15) is 5.10 Å². The van der Waals surface area contributed by atoms with Crippen LogP contribution in [0, 0.1) is 6.92 Å². The zero-order valence-electron chi connectivity index (χ0n) is 18.5. The molecular weight excluding hydrogens is 507 g/mol. The summed E-state index contributed by atoms with van der Waals surface area (Å²) in [6.45, 7) is 4.64. The monoisotopic (exact) mass is 538 g/mol. The number of hydrogen-bond donors (Lipinski definition) is 2. The van der Waals surface area contributed by atoms with Crippen molar-refractivity contribution in [3.05, 3.63) is 54.1 Å². The summed E-state index contributed by atoms with van der Waals surface area (Å²) in [5.41, 5.74) is 1.21. The predicted molar refractivity (Wildman–Crippen MR) is 132 cm³/mol. The van der Waals surface area contributed by atoms with Gasteiger partial charge in [-0.3, -0.25) is 4.68 Å². The van der Waals surface area contributed by atoms with Crippen molar-refractivity contribution in [1.82, 2.24) is 40.2 Å². The number of nitrogens with zero attached hydrogens (tertiary/aromatic N) is 8. The van der Waals surface area contributed by atoms with Crippen molar-refractivity contribution in [3.63, 3.8) is 0 Å². The first-order valence-corrected chi connectivity index (χ1v) is 10.0. The lowest BCUT2D eigenvalue weighted by Crippen LogP contribution is -2.39. The Labute approximate surface area is 200 Å². The third-order valence-corrected chi connectivity index (χ3v) is 4.94. The Morgan fingerprint density at radius 3 is 2.52 bits per heavy atom. The van der Waals surface area contributed by atoms with Crippen molar-refractivity contribution < 1.29 is 0 Å². The number of aromatic nitrogens is 6. The molecule has 0 saturated heterocycles. The molecule has 0 atom stereocenters. The van der Waals surface area contributed by atoms with E-state index < -0.39 is 0 Å². The van der Waals surface area contributed by atoms with Crippen LogP contribution in [-0.2, 0) is 27.2 Å². The van der Waals surface area contributed by atoms with E-state index in [-0.39, 0.29) is 24.0 Å². The van der Waals surface area contributed by atoms with Crippen LogP contribution in [0.5, 0.6) is 0 Å². The zero-order valence-corrected chi connectivity index (χ0v) is 20.8. The van der Waals surface area contributed by atoms with Gasteiger partial charge in [-0.25, -0.2) is 9.98 Å². The topological polar surface area (TPSA) is 101 Å². The van der Waals surface area contributed by atoms with Crippen LogP contribution in [0.25, 0.3) is 0 Å². The number of hydrogen-bond acceptors (Lipinski definition) is 6. The van der Waals surface area contributed by atoms with Gasteiger partial charge in [0.1, 0.15) is 24.5 Å². The second kappa shape index (κ2) is 12.2. The van der Waals surface area contributed by atoms with Crippen LogP contribution in [0.15, 0.2) is 41.7 Å². The Morgan fingerprint density at radius 1 is 1.10 bits per heavy atom. The molecule has 0 aliphatic carbocycles. The van der Waals surface area contributed by atoms with Crippen LogP contribution < -0.4 is 15.5 Å². The highest BCUT2D eigenvalue weighted by atomic mass is 127. The van der Waals surface area contributed by atoms with Crippen LogP contribution in [-0.4, -0.2) is 55.6 Å². The molecule has 1 aromatic carbocycles.